The number of phenols is 3. The number of ether oxygens (including phenoxy) is 6. The molecule has 0 radical (unpaired) electrons. The number of aromatic hydroxyl groups is 3. The second-order valence-corrected chi connectivity index (χ2v) is 7.46. The van der Waals surface area contributed by atoms with E-state index in [4.69, 9.17) is 28.4 Å². The van der Waals surface area contributed by atoms with Gasteiger partial charge in [0.25, 0.3) is 0 Å². The van der Waals surface area contributed by atoms with E-state index < -0.39 is 60.5 Å². The first kappa shape index (κ1) is 26.0. The number of rotatable bonds is 8. The van der Waals surface area contributed by atoms with Gasteiger partial charge in [0.05, 0.1) is 26.9 Å². The zero-order chi connectivity index (χ0) is 25.9. The highest BCUT2D eigenvalue weighted by atomic mass is 16.7. The number of methoxy groups -OCH3 is 3. The van der Waals surface area contributed by atoms with E-state index in [1.54, 1.807) is 0 Å². The lowest BCUT2D eigenvalue weighted by atomic mass is 9.99. The summed E-state index contributed by atoms with van der Waals surface area (Å²) in [7, 11) is 4.20. The molecule has 6 N–H and O–H groups in total. The molecular formula is C22H26O13. The van der Waals surface area contributed by atoms with Crippen molar-refractivity contribution in [3.8, 4) is 40.2 Å². The summed E-state index contributed by atoms with van der Waals surface area (Å²) >= 11 is 0. The molecule has 1 saturated heterocycles. The van der Waals surface area contributed by atoms with Crippen molar-refractivity contribution in [3.63, 3.8) is 0 Å². The Morgan fingerprint density at radius 2 is 1.43 bits per heavy atom. The van der Waals surface area contributed by atoms with Crippen LogP contribution in [0.5, 0.6) is 40.2 Å². The van der Waals surface area contributed by atoms with E-state index in [0.29, 0.717) is 5.75 Å². The third-order valence-electron chi connectivity index (χ3n) is 5.24. The summed E-state index contributed by atoms with van der Waals surface area (Å²) in [4.78, 5) is 12.3. The van der Waals surface area contributed by atoms with Gasteiger partial charge in [-0.1, -0.05) is 0 Å². The predicted octanol–water partition coefficient (Wildman–Crippen LogP) is -0.127. The molecule has 1 aliphatic rings. The Morgan fingerprint density at radius 3 is 1.94 bits per heavy atom. The van der Waals surface area contributed by atoms with Crippen molar-refractivity contribution in [1.82, 2.24) is 0 Å². The van der Waals surface area contributed by atoms with Crippen LogP contribution in [0.25, 0.3) is 0 Å². The van der Waals surface area contributed by atoms with Crippen molar-refractivity contribution in [3.05, 3.63) is 29.8 Å². The number of aliphatic hydroxyl groups excluding tert-OH is 3. The average molecular weight is 498 g/mol. The van der Waals surface area contributed by atoms with E-state index in [1.165, 1.54) is 33.5 Å². The molecule has 1 heterocycles. The maximum atomic E-state index is 12.3. The molecule has 0 spiro atoms. The molecule has 1 aliphatic heterocycles. The summed E-state index contributed by atoms with van der Waals surface area (Å²) in [5, 5.41) is 59.4. The zero-order valence-electron chi connectivity index (χ0n) is 18.9. The minimum Gasteiger partial charge on any atom is -0.504 e. The molecule has 0 aliphatic carbocycles. The van der Waals surface area contributed by atoms with Crippen LogP contribution in [0, 0.1) is 0 Å². The SMILES string of the molecule is COc1cc(O[C@H]2O[C@H](COC(=O)c3cc(O)c(O)c(O)c3)[C@@H](O)[C@H](O)[C@H]2O)cc(OC)c1OC. The van der Waals surface area contributed by atoms with Gasteiger partial charge in [-0.2, -0.15) is 0 Å². The average Bonchev–Trinajstić information content (AvgIpc) is 2.85. The maximum absolute atomic E-state index is 12.3. The zero-order valence-corrected chi connectivity index (χ0v) is 18.9. The van der Waals surface area contributed by atoms with Gasteiger partial charge in [-0.25, -0.2) is 4.79 Å². The van der Waals surface area contributed by atoms with Crippen LogP contribution in [-0.2, 0) is 9.47 Å². The van der Waals surface area contributed by atoms with Crippen LogP contribution in [-0.4, -0.2) is 95.3 Å². The van der Waals surface area contributed by atoms with Gasteiger partial charge in [0.15, 0.2) is 28.7 Å². The Hall–Kier alpha value is -3.65. The van der Waals surface area contributed by atoms with Gasteiger partial charge in [0.1, 0.15) is 36.8 Å². The Morgan fingerprint density at radius 1 is 0.857 bits per heavy atom. The van der Waals surface area contributed by atoms with Gasteiger partial charge in [-0.05, 0) is 12.1 Å². The monoisotopic (exact) mass is 498 g/mol. The number of carbonyl (C=O) groups is 1. The quantitative estimate of drug-likeness (QED) is 0.208. The Kier molecular flexibility index (Phi) is 7.96. The van der Waals surface area contributed by atoms with E-state index in [2.05, 4.69) is 0 Å². The summed E-state index contributed by atoms with van der Waals surface area (Å²) in [6.45, 7) is -0.596. The van der Waals surface area contributed by atoms with Crippen molar-refractivity contribution in [1.29, 1.82) is 0 Å². The molecule has 13 nitrogen and oxygen atoms in total. The maximum Gasteiger partial charge on any atom is 0.338 e. The molecule has 13 heteroatoms. The first-order chi connectivity index (χ1) is 16.6. The third-order valence-corrected chi connectivity index (χ3v) is 5.24. The van der Waals surface area contributed by atoms with E-state index in [-0.39, 0.29) is 22.8 Å². The van der Waals surface area contributed by atoms with Crippen molar-refractivity contribution in [2.24, 2.45) is 0 Å². The normalized spacial score (nSPS) is 23.9. The fraction of sp³-hybridized carbons (Fsp3) is 0.409. The Labute approximate surface area is 199 Å². The fourth-order valence-electron chi connectivity index (χ4n) is 3.37. The Balaban J connectivity index is 1.74. The lowest BCUT2D eigenvalue weighted by Gasteiger charge is -2.40. The van der Waals surface area contributed by atoms with Gasteiger partial charge < -0.3 is 59.1 Å². The molecule has 2 aromatic rings. The second kappa shape index (κ2) is 10.7. The van der Waals surface area contributed by atoms with E-state index in [0.717, 1.165) is 12.1 Å². The number of hydrogen-bond acceptors (Lipinski definition) is 13. The molecule has 0 unspecified atom stereocenters. The molecule has 0 bridgehead atoms. The number of hydrogen-bond donors (Lipinski definition) is 6. The highest BCUT2D eigenvalue weighted by Gasteiger charge is 2.45. The number of carbonyl (C=O) groups excluding carboxylic acids is 1. The molecule has 0 amide bonds. The number of benzene rings is 2. The topological polar surface area (TPSA) is 194 Å². The molecule has 1 fully saturated rings. The van der Waals surface area contributed by atoms with Crippen molar-refractivity contribution < 1.29 is 63.9 Å². The summed E-state index contributed by atoms with van der Waals surface area (Å²) in [6, 6.07) is 4.58. The van der Waals surface area contributed by atoms with Crippen molar-refractivity contribution in [2.75, 3.05) is 27.9 Å². The molecule has 3 rings (SSSR count). The van der Waals surface area contributed by atoms with Gasteiger partial charge in [-0.3, -0.25) is 0 Å². The summed E-state index contributed by atoms with van der Waals surface area (Å²) in [5.41, 5.74) is -0.297. The van der Waals surface area contributed by atoms with Gasteiger partial charge in [0.2, 0.25) is 12.0 Å². The van der Waals surface area contributed by atoms with Crippen molar-refractivity contribution in [2.45, 2.75) is 30.7 Å². The number of phenolic OH excluding ortho intramolecular Hbond substituents is 3. The molecule has 192 valence electrons. The van der Waals surface area contributed by atoms with E-state index >= 15 is 0 Å². The van der Waals surface area contributed by atoms with Crippen LogP contribution >= 0.6 is 0 Å². The van der Waals surface area contributed by atoms with Crippen LogP contribution in [0.3, 0.4) is 0 Å². The minimum atomic E-state index is -1.72. The second-order valence-electron chi connectivity index (χ2n) is 7.46. The van der Waals surface area contributed by atoms with Gasteiger partial charge in [-0.15, -0.1) is 0 Å². The van der Waals surface area contributed by atoms with Gasteiger partial charge >= 0.3 is 5.97 Å². The molecule has 2 aromatic carbocycles. The lowest BCUT2D eigenvalue weighted by molar-refractivity contribution is -0.277. The largest absolute Gasteiger partial charge is 0.504 e. The van der Waals surface area contributed by atoms with Crippen LogP contribution < -0.4 is 18.9 Å². The summed E-state index contributed by atoms with van der Waals surface area (Å²) in [6.07, 6.45) is -7.88. The minimum absolute atomic E-state index is 0.109. The highest BCUT2D eigenvalue weighted by Crippen LogP contribution is 2.41. The van der Waals surface area contributed by atoms with Crippen LogP contribution in [0.1, 0.15) is 10.4 Å². The molecule has 35 heavy (non-hydrogen) atoms. The highest BCUT2D eigenvalue weighted by molar-refractivity contribution is 5.91. The lowest BCUT2D eigenvalue weighted by Crippen LogP contribution is -2.60. The molecule has 0 aromatic heterocycles. The number of esters is 1. The van der Waals surface area contributed by atoms with Crippen LogP contribution in [0.4, 0.5) is 0 Å². The fourth-order valence-corrected chi connectivity index (χ4v) is 3.37. The van der Waals surface area contributed by atoms with Crippen LogP contribution in [0.15, 0.2) is 24.3 Å². The third kappa shape index (κ3) is 5.38. The molecule has 0 saturated carbocycles. The molecular weight excluding hydrogens is 472 g/mol. The van der Waals surface area contributed by atoms with E-state index in [9.17, 15) is 35.4 Å². The smallest absolute Gasteiger partial charge is 0.338 e. The first-order valence-electron chi connectivity index (χ1n) is 10.2. The summed E-state index contributed by atoms with van der Waals surface area (Å²) in [5.74, 6) is -2.44. The number of aliphatic hydroxyl groups is 3. The Bertz CT molecular complexity index is 1010. The van der Waals surface area contributed by atoms with Crippen molar-refractivity contribution >= 4 is 5.97 Å². The first-order valence-corrected chi connectivity index (χ1v) is 10.2. The summed E-state index contributed by atoms with van der Waals surface area (Å²) < 4.78 is 31.9. The molecule has 5 atom stereocenters. The predicted molar refractivity (Wildman–Crippen MR) is 115 cm³/mol. The van der Waals surface area contributed by atoms with E-state index in [1.807, 2.05) is 0 Å². The van der Waals surface area contributed by atoms with Crippen LogP contribution in [0.2, 0.25) is 0 Å². The van der Waals surface area contributed by atoms with Gasteiger partial charge in [0, 0.05) is 12.1 Å². The standard InChI is InChI=1S/C22H26O13/c1-30-13-6-10(7-14(31-2)20(13)32-3)34-22-19(28)18(27)17(26)15(35-22)8-33-21(29)9-4-11(23)16(25)12(24)5-9/h4-7,15,17-19,22-28H,8H2,1-3H3/t15-,17-,18+,19-,22+/m1/s1.